The van der Waals surface area contributed by atoms with E-state index in [1.807, 2.05) is 36.4 Å². The lowest BCUT2D eigenvalue weighted by molar-refractivity contribution is 0.102. The van der Waals surface area contributed by atoms with Gasteiger partial charge in [0.05, 0.1) is 7.11 Å². The van der Waals surface area contributed by atoms with E-state index in [0.717, 1.165) is 5.56 Å². The van der Waals surface area contributed by atoms with Gasteiger partial charge in [-0.3, -0.25) is 10.1 Å². The standard InChI is InChI=1S/C19H14N2O3/c1-23-16-9-5-8-14(10-16)18(22)21-19-15(12-20)11-17(24-19)13-6-3-2-4-7-13/h2-11H,1H3,(H,21,22). The molecule has 118 valence electrons. The lowest BCUT2D eigenvalue weighted by atomic mass is 10.1. The average Bonchev–Trinajstić information content (AvgIpc) is 3.05. The number of rotatable bonds is 4. The van der Waals surface area contributed by atoms with Gasteiger partial charge in [0.2, 0.25) is 5.88 Å². The fourth-order valence-electron chi connectivity index (χ4n) is 2.25. The summed E-state index contributed by atoms with van der Waals surface area (Å²) in [6, 6.07) is 19.8. The fraction of sp³-hybridized carbons (Fsp3) is 0.0526. The van der Waals surface area contributed by atoms with Gasteiger partial charge in [0.15, 0.2) is 0 Å². The van der Waals surface area contributed by atoms with Crippen LogP contribution in [0.5, 0.6) is 5.75 Å². The Hall–Kier alpha value is -3.52. The van der Waals surface area contributed by atoms with Crippen molar-refractivity contribution >= 4 is 11.8 Å². The number of hydrogen-bond donors (Lipinski definition) is 1. The van der Waals surface area contributed by atoms with E-state index in [4.69, 9.17) is 9.15 Å². The Morgan fingerprint density at radius 3 is 2.62 bits per heavy atom. The Balaban J connectivity index is 1.88. The highest BCUT2D eigenvalue weighted by Crippen LogP contribution is 2.29. The normalized spacial score (nSPS) is 10.0. The first-order valence-electron chi connectivity index (χ1n) is 7.26. The zero-order valence-electron chi connectivity index (χ0n) is 12.9. The summed E-state index contributed by atoms with van der Waals surface area (Å²) >= 11 is 0. The maximum atomic E-state index is 12.4. The zero-order chi connectivity index (χ0) is 16.9. The van der Waals surface area contributed by atoms with Crippen molar-refractivity contribution < 1.29 is 13.9 Å². The van der Waals surface area contributed by atoms with Gasteiger partial charge in [0.1, 0.15) is 23.1 Å². The number of carbonyl (C=O) groups excluding carboxylic acids is 1. The van der Waals surface area contributed by atoms with Crippen LogP contribution in [0, 0.1) is 11.3 Å². The summed E-state index contributed by atoms with van der Waals surface area (Å²) in [5, 5.41) is 11.9. The molecule has 0 radical (unpaired) electrons. The molecule has 1 amide bonds. The fourth-order valence-corrected chi connectivity index (χ4v) is 2.25. The summed E-state index contributed by atoms with van der Waals surface area (Å²) in [7, 11) is 1.53. The van der Waals surface area contributed by atoms with Crippen molar-refractivity contribution in [1.29, 1.82) is 5.26 Å². The molecule has 0 aliphatic carbocycles. The number of nitrogens with zero attached hydrogens (tertiary/aromatic N) is 1. The largest absolute Gasteiger partial charge is 0.497 e. The number of methoxy groups -OCH3 is 1. The number of anilines is 1. The van der Waals surface area contributed by atoms with Crippen LogP contribution in [0.4, 0.5) is 5.88 Å². The smallest absolute Gasteiger partial charge is 0.258 e. The molecule has 3 aromatic rings. The molecule has 3 rings (SSSR count). The molecule has 0 saturated carbocycles. The Labute approximate surface area is 139 Å². The lowest BCUT2D eigenvalue weighted by Gasteiger charge is -2.05. The molecule has 2 aromatic carbocycles. The monoisotopic (exact) mass is 318 g/mol. The highest BCUT2D eigenvalue weighted by atomic mass is 16.5. The molecule has 1 aromatic heterocycles. The second-order valence-electron chi connectivity index (χ2n) is 5.02. The van der Waals surface area contributed by atoms with Crippen LogP contribution in [0.2, 0.25) is 0 Å². The molecule has 0 unspecified atom stereocenters. The highest BCUT2D eigenvalue weighted by Gasteiger charge is 2.16. The number of furan rings is 1. The van der Waals surface area contributed by atoms with Crippen LogP contribution in [-0.2, 0) is 0 Å². The quantitative estimate of drug-likeness (QED) is 0.786. The van der Waals surface area contributed by atoms with Crippen molar-refractivity contribution in [1.82, 2.24) is 0 Å². The van der Waals surface area contributed by atoms with Crippen molar-refractivity contribution in [3.8, 4) is 23.1 Å². The summed E-state index contributed by atoms with van der Waals surface area (Å²) in [5.41, 5.74) is 1.51. The molecule has 24 heavy (non-hydrogen) atoms. The number of carbonyl (C=O) groups is 1. The molecule has 0 aliphatic heterocycles. The minimum Gasteiger partial charge on any atom is -0.497 e. The summed E-state index contributed by atoms with van der Waals surface area (Å²) in [6.07, 6.45) is 0. The number of hydrogen-bond acceptors (Lipinski definition) is 4. The van der Waals surface area contributed by atoms with E-state index in [9.17, 15) is 10.1 Å². The van der Waals surface area contributed by atoms with E-state index >= 15 is 0 Å². The van der Waals surface area contributed by atoms with Gasteiger partial charge in [-0.25, -0.2) is 0 Å². The molecule has 0 aliphatic rings. The minimum absolute atomic E-state index is 0.129. The summed E-state index contributed by atoms with van der Waals surface area (Å²) in [6.45, 7) is 0. The van der Waals surface area contributed by atoms with Crippen LogP contribution in [0.25, 0.3) is 11.3 Å². The third-order valence-corrected chi connectivity index (χ3v) is 3.47. The maximum Gasteiger partial charge on any atom is 0.258 e. The van der Waals surface area contributed by atoms with Gasteiger partial charge in [-0.05, 0) is 18.2 Å². The van der Waals surface area contributed by atoms with Crippen molar-refractivity contribution in [2.45, 2.75) is 0 Å². The molecule has 1 heterocycles. The second kappa shape index (κ2) is 6.71. The van der Waals surface area contributed by atoms with Gasteiger partial charge in [0, 0.05) is 17.2 Å². The number of amides is 1. The zero-order valence-corrected chi connectivity index (χ0v) is 12.9. The first-order valence-corrected chi connectivity index (χ1v) is 7.26. The molecule has 0 fully saturated rings. The summed E-state index contributed by atoms with van der Waals surface area (Å²) in [4.78, 5) is 12.4. The second-order valence-corrected chi connectivity index (χ2v) is 5.02. The lowest BCUT2D eigenvalue weighted by Crippen LogP contribution is -2.12. The topological polar surface area (TPSA) is 75.3 Å². The van der Waals surface area contributed by atoms with Gasteiger partial charge in [-0.2, -0.15) is 5.26 Å². The van der Waals surface area contributed by atoms with E-state index in [-0.39, 0.29) is 17.4 Å². The third kappa shape index (κ3) is 3.13. The molecule has 5 heteroatoms. The molecular formula is C19H14N2O3. The van der Waals surface area contributed by atoms with Gasteiger partial charge in [-0.15, -0.1) is 0 Å². The number of ether oxygens (including phenoxy) is 1. The van der Waals surface area contributed by atoms with E-state index < -0.39 is 0 Å². The SMILES string of the molecule is COc1cccc(C(=O)Nc2oc(-c3ccccc3)cc2C#N)c1. The van der Waals surface area contributed by atoms with E-state index in [0.29, 0.717) is 17.1 Å². The minimum atomic E-state index is -0.376. The van der Waals surface area contributed by atoms with Gasteiger partial charge >= 0.3 is 0 Å². The Kier molecular flexibility index (Phi) is 4.30. The predicted octanol–water partition coefficient (Wildman–Crippen LogP) is 4.08. The average molecular weight is 318 g/mol. The molecule has 1 N–H and O–H groups in total. The van der Waals surface area contributed by atoms with Crippen LogP contribution in [0.3, 0.4) is 0 Å². The number of nitrogens with one attached hydrogen (secondary N) is 1. The van der Waals surface area contributed by atoms with Crippen molar-refractivity contribution in [3.63, 3.8) is 0 Å². The first-order chi connectivity index (χ1) is 11.7. The van der Waals surface area contributed by atoms with E-state index in [2.05, 4.69) is 5.32 Å². The Morgan fingerprint density at radius 2 is 1.92 bits per heavy atom. The van der Waals surface area contributed by atoms with Crippen molar-refractivity contribution in [3.05, 3.63) is 71.8 Å². The van der Waals surface area contributed by atoms with Gasteiger partial charge < -0.3 is 9.15 Å². The van der Waals surface area contributed by atoms with Crippen LogP contribution < -0.4 is 10.1 Å². The molecule has 0 atom stereocenters. The highest BCUT2D eigenvalue weighted by molar-refractivity contribution is 6.04. The molecular weight excluding hydrogens is 304 g/mol. The Bertz CT molecular complexity index is 908. The number of benzene rings is 2. The van der Waals surface area contributed by atoms with E-state index in [1.54, 1.807) is 30.3 Å². The summed E-state index contributed by atoms with van der Waals surface area (Å²) < 4.78 is 10.8. The van der Waals surface area contributed by atoms with Gasteiger partial charge in [-0.1, -0.05) is 36.4 Å². The number of nitriles is 1. The third-order valence-electron chi connectivity index (χ3n) is 3.47. The first kappa shape index (κ1) is 15.4. The van der Waals surface area contributed by atoms with Crippen molar-refractivity contribution in [2.24, 2.45) is 0 Å². The van der Waals surface area contributed by atoms with Crippen molar-refractivity contribution in [2.75, 3.05) is 12.4 Å². The molecule has 0 bridgehead atoms. The van der Waals surface area contributed by atoms with Gasteiger partial charge in [0.25, 0.3) is 5.91 Å². The van der Waals surface area contributed by atoms with Crippen LogP contribution in [0.15, 0.2) is 65.1 Å². The molecule has 0 saturated heterocycles. The Morgan fingerprint density at radius 1 is 1.12 bits per heavy atom. The predicted molar refractivity (Wildman–Crippen MR) is 89.8 cm³/mol. The van der Waals surface area contributed by atoms with Crippen LogP contribution in [-0.4, -0.2) is 13.0 Å². The van der Waals surface area contributed by atoms with E-state index in [1.165, 1.54) is 7.11 Å². The molecule has 5 nitrogen and oxygen atoms in total. The molecule has 0 spiro atoms. The summed E-state index contributed by atoms with van der Waals surface area (Å²) in [5.74, 6) is 0.851. The van der Waals surface area contributed by atoms with Crippen LogP contribution >= 0.6 is 0 Å². The maximum absolute atomic E-state index is 12.4. The van der Waals surface area contributed by atoms with Crippen LogP contribution in [0.1, 0.15) is 15.9 Å².